The topological polar surface area (TPSA) is 21.7 Å². The zero-order chi connectivity index (χ0) is 17.8. The van der Waals surface area contributed by atoms with E-state index in [0.717, 1.165) is 25.1 Å². The third kappa shape index (κ3) is 3.83. The summed E-state index contributed by atoms with van der Waals surface area (Å²) in [6.45, 7) is 3.20. The predicted octanol–water partition coefficient (Wildman–Crippen LogP) is 4.17. The van der Waals surface area contributed by atoms with E-state index >= 15 is 0 Å². The van der Waals surface area contributed by atoms with E-state index in [0.29, 0.717) is 19.6 Å². The average Bonchev–Trinajstić information content (AvgIpc) is 3.14. The highest BCUT2D eigenvalue weighted by Gasteiger charge is 2.47. The highest BCUT2D eigenvalue weighted by Crippen LogP contribution is 2.36. The maximum absolute atomic E-state index is 13.3. The summed E-state index contributed by atoms with van der Waals surface area (Å²) < 4.78 is 25.7. The van der Waals surface area contributed by atoms with Crippen LogP contribution in [0.4, 0.5) is 4.39 Å². The van der Waals surface area contributed by atoms with Crippen LogP contribution in [0.5, 0.6) is 0 Å². The van der Waals surface area contributed by atoms with E-state index in [-0.39, 0.29) is 11.9 Å². The quantitative estimate of drug-likeness (QED) is 0.804. The van der Waals surface area contributed by atoms with E-state index in [1.807, 2.05) is 12.1 Å². The summed E-state index contributed by atoms with van der Waals surface area (Å²) in [5.74, 6) is -0.841. The van der Waals surface area contributed by atoms with Crippen LogP contribution in [0.2, 0.25) is 0 Å². The van der Waals surface area contributed by atoms with Crippen LogP contribution in [0.3, 0.4) is 0 Å². The molecule has 0 amide bonds. The van der Waals surface area contributed by atoms with E-state index < -0.39 is 5.79 Å². The van der Waals surface area contributed by atoms with Gasteiger partial charge in [-0.15, -0.1) is 0 Å². The zero-order valence-corrected chi connectivity index (χ0v) is 15.1. The fraction of sp³-hybridized carbons (Fsp3) is 0.455. The molecule has 0 radical (unpaired) electrons. The molecule has 2 aromatic rings. The molecule has 2 aromatic carbocycles. The minimum Gasteiger partial charge on any atom is -0.346 e. The Morgan fingerprint density at radius 1 is 0.923 bits per heavy atom. The van der Waals surface area contributed by atoms with Gasteiger partial charge in [0.25, 0.3) is 0 Å². The van der Waals surface area contributed by atoms with Crippen LogP contribution in [-0.4, -0.2) is 36.5 Å². The molecule has 0 saturated carbocycles. The third-order valence-electron chi connectivity index (χ3n) is 5.49. The highest BCUT2D eigenvalue weighted by molar-refractivity contribution is 5.19. The Morgan fingerprint density at radius 3 is 2.38 bits per heavy atom. The average molecular weight is 355 g/mol. The first-order valence-corrected chi connectivity index (χ1v) is 9.55. The largest absolute Gasteiger partial charge is 0.346 e. The van der Waals surface area contributed by atoms with Crippen molar-refractivity contribution in [2.45, 2.75) is 44.1 Å². The molecule has 138 valence electrons. The van der Waals surface area contributed by atoms with Crippen molar-refractivity contribution < 1.29 is 13.9 Å². The standard InChI is InChI=1S/C22H26FNO2/c23-20-11-9-18(10-12-20)16-22(25-14-15-26-22)21-8-4-5-13-24(21)17-19-6-2-1-3-7-19/h1-3,6-7,9-12,21H,4-5,8,13-17H2. The summed E-state index contributed by atoms with van der Waals surface area (Å²) in [6, 6.07) is 17.5. The Kier molecular flexibility index (Phi) is 5.34. The van der Waals surface area contributed by atoms with Gasteiger partial charge in [-0.2, -0.15) is 0 Å². The van der Waals surface area contributed by atoms with E-state index in [1.165, 1.54) is 30.5 Å². The Balaban J connectivity index is 1.57. The fourth-order valence-corrected chi connectivity index (χ4v) is 4.27. The van der Waals surface area contributed by atoms with Gasteiger partial charge in [0.1, 0.15) is 5.82 Å². The Labute approximate surface area is 154 Å². The number of hydrogen-bond acceptors (Lipinski definition) is 3. The van der Waals surface area contributed by atoms with E-state index in [2.05, 4.69) is 35.2 Å². The summed E-state index contributed by atoms with van der Waals surface area (Å²) >= 11 is 0. The molecule has 0 spiro atoms. The first-order valence-electron chi connectivity index (χ1n) is 9.55. The number of ether oxygens (including phenoxy) is 2. The first-order chi connectivity index (χ1) is 12.8. The number of piperidine rings is 1. The van der Waals surface area contributed by atoms with Crippen molar-refractivity contribution in [2.24, 2.45) is 0 Å². The molecule has 2 saturated heterocycles. The van der Waals surface area contributed by atoms with Crippen LogP contribution in [0.15, 0.2) is 54.6 Å². The minimum absolute atomic E-state index is 0.209. The molecule has 0 bridgehead atoms. The maximum atomic E-state index is 13.3. The minimum atomic E-state index is -0.632. The van der Waals surface area contributed by atoms with Crippen LogP contribution in [0.25, 0.3) is 0 Å². The Bertz CT molecular complexity index is 698. The summed E-state index contributed by atoms with van der Waals surface area (Å²) in [7, 11) is 0. The lowest BCUT2D eigenvalue weighted by atomic mass is 9.89. The second-order valence-corrected chi connectivity index (χ2v) is 7.28. The number of benzene rings is 2. The lowest BCUT2D eigenvalue weighted by molar-refractivity contribution is -0.209. The summed E-state index contributed by atoms with van der Waals surface area (Å²) in [4.78, 5) is 2.51. The number of hydrogen-bond donors (Lipinski definition) is 0. The molecule has 4 heteroatoms. The van der Waals surface area contributed by atoms with Crippen molar-refractivity contribution >= 4 is 0 Å². The molecule has 4 rings (SSSR count). The molecule has 3 nitrogen and oxygen atoms in total. The van der Waals surface area contributed by atoms with Gasteiger partial charge in [0, 0.05) is 13.0 Å². The van der Waals surface area contributed by atoms with Crippen molar-refractivity contribution in [1.82, 2.24) is 4.90 Å². The van der Waals surface area contributed by atoms with Gasteiger partial charge in [0.2, 0.25) is 0 Å². The van der Waals surface area contributed by atoms with Crippen molar-refractivity contribution in [2.75, 3.05) is 19.8 Å². The Morgan fingerprint density at radius 2 is 1.65 bits per heavy atom. The van der Waals surface area contributed by atoms with E-state index in [9.17, 15) is 4.39 Å². The SMILES string of the molecule is Fc1ccc(CC2(C3CCCCN3Cc3ccccc3)OCCO2)cc1. The van der Waals surface area contributed by atoms with Gasteiger partial charge in [-0.1, -0.05) is 48.9 Å². The number of halogens is 1. The second-order valence-electron chi connectivity index (χ2n) is 7.28. The zero-order valence-electron chi connectivity index (χ0n) is 15.1. The summed E-state index contributed by atoms with van der Waals surface area (Å²) in [5, 5.41) is 0. The molecule has 2 fully saturated rings. The summed E-state index contributed by atoms with van der Waals surface area (Å²) in [5.41, 5.74) is 2.37. The molecular formula is C22H26FNO2. The second kappa shape index (κ2) is 7.87. The predicted molar refractivity (Wildman–Crippen MR) is 99.2 cm³/mol. The van der Waals surface area contributed by atoms with Gasteiger partial charge < -0.3 is 9.47 Å². The lowest BCUT2D eigenvalue weighted by Gasteiger charge is -2.45. The van der Waals surface area contributed by atoms with Crippen LogP contribution < -0.4 is 0 Å². The first kappa shape index (κ1) is 17.7. The molecule has 0 aromatic heterocycles. The Hall–Kier alpha value is -1.75. The normalized spacial score (nSPS) is 23.2. The third-order valence-corrected chi connectivity index (χ3v) is 5.49. The van der Waals surface area contributed by atoms with Gasteiger partial charge in [-0.3, -0.25) is 4.90 Å². The van der Waals surface area contributed by atoms with Crippen LogP contribution in [0, 0.1) is 5.82 Å². The summed E-state index contributed by atoms with van der Waals surface area (Å²) in [6.07, 6.45) is 4.11. The molecule has 2 aliphatic heterocycles. The van der Waals surface area contributed by atoms with Gasteiger partial charge in [-0.05, 0) is 42.6 Å². The van der Waals surface area contributed by atoms with Gasteiger partial charge >= 0.3 is 0 Å². The van der Waals surface area contributed by atoms with Gasteiger partial charge in [0.05, 0.1) is 19.3 Å². The van der Waals surface area contributed by atoms with E-state index in [4.69, 9.17) is 9.47 Å². The van der Waals surface area contributed by atoms with Crippen molar-refractivity contribution in [1.29, 1.82) is 0 Å². The van der Waals surface area contributed by atoms with Gasteiger partial charge in [0.15, 0.2) is 5.79 Å². The van der Waals surface area contributed by atoms with Gasteiger partial charge in [-0.25, -0.2) is 4.39 Å². The highest BCUT2D eigenvalue weighted by atomic mass is 19.1. The van der Waals surface area contributed by atoms with Crippen LogP contribution in [-0.2, 0) is 22.4 Å². The van der Waals surface area contributed by atoms with Crippen molar-refractivity contribution in [3.63, 3.8) is 0 Å². The molecular weight excluding hydrogens is 329 g/mol. The molecule has 1 atom stereocenters. The fourth-order valence-electron chi connectivity index (χ4n) is 4.27. The van der Waals surface area contributed by atoms with Crippen molar-refractivity contribution in [3.05, 3.63) is 71.5 Å². The van der Waals surface area contributed by atoms with Crippen LogP contribution >= 0.6 is 0 Å². The number of rotatable bonds is 5. The molecule has 0 aliphatic carbocycles. The molecule has 0 N–H and O–H groups in total. The number of likely N-dealkylation sites (tertiary alicyclic amines) is 1. The maximum Gasteiger partial charge on any atom is 0.188 e. The lowest BCUT2D eigenvalue weighted by Crippen LogP contribution is -2.56. The monoisotopic (exact) mass is 355 g/mol. The molecule has 1 unspecified atom stereocenters. The molecule has 2 heterocycles. The smallest absolute Gasteiger partial charge is 0.188 e. The van der Waals surface area contributed by atoms with Crippen molar-refractivity contribution in [3.8, 4) is 0 Å². The molecule has 2 aliphatic rings. The van der Waals surface area contributed by atoms with E-state index in [1.54, 1.807) is 0 Å². The number of nitrogens with zero attached hydrogens (tertiary/aromatic N) is 1. The van der Waals surface area contributed by atoms with Crippen LogP contribution in [0.1, 0.15) is 30.4 Å². The molecule has 26 heavy (non-hydrogen) atoms.